The summed E-state index contributed by atoms with van der Waals surface area (Å²) in [6.07, 6.45) is 1.71. The molecule has 2 unspecified atom stereocenters. The second-order valence-electron chi connectivity index (χ2n) is 7.45. The maximum atomic E-state index is 11.7. The molecule has 4 nitrogen and oxygen atoms in total. The summed E-state index contributed by atoms with van der Waals surface area (Å²) < 4.78 is 5.86. The zero-order chi connectivity index (χ0) is 16.6. The fourth-order valence-corrected chi connectivity index (χ4v) is 2.23. The van der Waals surface area contributed by atoms with Gasteiger partial charge in [-0.1, -0.05) is 34.6 Å². The zero-order valence-electron chi connectivity index (χ0n) is 14.8. The molecule has 0 aliphatic heterocycles. The normalized spacial score (nSPS) is 14.9. The van der Waals surface area contributed by atoms with Crippen molar-refractivity contribution >= 4 is 11.7 Å². The maximum Gasteiger partial charge on any atom is 0.220 e. The van der Waals surface area contributed by atoms with Crippen molar-refractivity contribution in [3.63, 3.8) is 0 Å². The number of hydrogen-bond acceptors (Lipinski definition) is 3. The van der Waals surface area contributed by atoms with Gasteiger partial charge in [-0.25, -0.2) is 0 Å². The van der Waals surface area contributed by atoms with Crippen LogP contribution < -0.4 is 5.32 Å². The number of nitrogens with one attached hydrogen (secondary N) is 1. The van der Waals surface area contributed by atoms with Crippen LogP contribution in [-0.2, 0) is 14.3 Å². The van der Waals surface area contributed by atoms with Crippen molar-refractivity contribution in [1.82, 2.24) is 5.32 Å². The summed E-state index contributed by atoms with van der Waals surface area (Å²) in [6, 6.07) is 0. The van der Waals surface area contributed by atoms with Crippen molar-refractivity contribution in [3.05, 3.63) is 0 Å². The predicted molar refractivity (Wildman–Crippen MR) is 86.2 cm³/mol. The number of carbonyl (C=O) groups excluding carboxylic acids is 2. The molecule has 0 aliphatic rings. The number of Topliss-reactive ketones (excluding diaryl/α,β-unsaturated/α-hetero) is 1. The Balaban J connectivity index is 3.89. The summed E-state index contributed by atoms with van der Waals surface area (Å²) in [5.74, 6) is 0.0504. The Hall–Kier alpha value is -0.900. The number of ether oxygens (including phenoxy) is 1. The van der Waals surface area contributed by atoms with E-state index >= 15 is 0 Å². The molecule has 0 saturated heterocycles. The van der Waals surface area contributed by atoms with Gasteiger partial charge in [-0.3, -0.25) is 9.59 Å². The van der Waals surface area contributed by atoms with Crippen LogP contribution in [-0.4, -0.2) is 30.4 Å². The topological polar surface area (TPSA) is 55.4 Å². The van der Waals surface area contributed by atoms with Crippen LogP contribution in [0.1, 0.15) is 67.7 Å². The lowest BCUT2D eigenvalue weighted by atomic mass is 9.90. The molecule has 2 atom stereocenters. The van der Waals surface area contributed by atoms with E-state index in [1.165, 1.54) is 0 Å². The van der Waals surface area contributed by atoms with Gasteiger partial charge in [0.15, 0.2) is 0 Å². The molecular weight excluding hydrogens is 266 g/mol. The number of carbonyl (C=O) groups is 2. The van der Waals surface area contributed by atoms with Gasteiger partial charge in [0.05, 0.1) is 12.2 Å². The first-order valence-corrected chi connectivity index (χ1v) is 7.96. The van der Waals surface area contributed by atoms with Crippen LogP contribution in [0, 0.1) is 11.3 Å². The van der Waals surface area contributed by atoms with Gasteiger partial charge in [0.25, 0.3) is 0 Å². The SMILES string of the molecule is CC(CNC(=O)CCC(=O)C(C)C)OC(C)CC(C)(C)C. The summed E-state index contributed by atoms with van der Waals surface area (Å²) in [5.41, 5.74) is 0.236. The molecule has 0 aromatic carbocycles. The van der Waals surface area contributed by atoms with Crippen LogP contribution in [0.3, 0.4) is 0 Å². The zero-order valence-corrected chi connectivity index (χ0v) is 14.8. The molecule has 1 N–H and O–H groups in total. The second-order valence-corrected chi connectivity index (χ2v) is 7.45. The van der Waals surface area contributed by atoms with Crippen molar-refractivity contribution in [2.45, 2.75) is 79.9 Å². The van der Waals surface area contributed by atoms with Crippen LogP contribution in [0.25, 0.3) is 0 Å². The molecule has 0 aromatic heterocycles. The van der Waals surface area contributed by atoms with Crippen LogP contribution in [0.4, 0.5) is 0 Å². The highest BCUT2D eigenvalue weighted by Crippen LogP contribution is 2.22. The number of amides is 1. The Bertz CT molecular complexity index is 331. The molecule has 0 aromatic rings. The predicted octanol–water partition coefficient (Wildman–Crippen LogP) is 3.34. The highest BCUT2D eigenvalue weighted by Gasteiger charge is 2.18. The molecule has 0 radical (unpaired) electrons. The highest BCUT2D eigenvalue weighted by molar-refractivity contribution is 5.85. The first kappa shape index (κ1) is 20.1. The molecule has 0 rings (SSSR count). The van der Waals surface area contributed by atoms with E-state index < -0.39 is 0 Å². The minimum atomic E-state index is -0.0806. The molecule has 0 heterocycles. The standard InChI is InChI=1S/C17H33NO3/c1-12(2)15(19)8-9-16(20)18-11-14(4)21-13(3)10-17(5,6)7/h12-14H,8-11H2,1-7H3,(H,18,20). The number of hydrogen-bond donors (Lipinski definition) is 1. The largest absolute Gasteiger partial charge is 0.374 e. The third-order valence-corrected chi connectivity index (χ3v) is 3.19. The second kappa shape index (κ2) is 9.19. The van der Waals surface area contributed by atoms with Gasteiger partial charge in [0, 0.05) is 25.3 Å². The van der Waals surface area contributed by atoms with E-state index in [0.29, 0.717) is 13.0 Å². The Labute approximate surface area is 130 Å². The summed E-state index contributed by atoms with van der Waals surface area (Å²) in [5, 5.41) is 2.83. The molecular formula is C17H33NO3. The molecule has 124 valence electrons. The van der Waals surface area contributed by atoms with Gasteiger partial charge in [-0.05, 0) is 25.7 Å². The summed E-state index contributed by atoms with van der Waals surface area (Å²) in [4.78, 5) is 23.1. The van der Waals surface area contributed by atoms with E-state index in [4.69, 9.17) is 4.74 Å². The Morgan fingerprint density at radius 2 is 1.57 bits per heavy atom. The Kier molecular flexibility index (Phi) is 8.79. The third kappa shape index (κ3) is 11.4. The molecule has 4 heteroatoms. The van der Waals surface area contributed by atoms with Crippen molar-refractivity contribution in [3.8, 4) is 0 Å². The van der Waals surface area contributed by atoms with Gasteiger partial charge in [-0.15, -0.1) is 0 Å². The minimum Gasteiger partial charge on any atom is -0.374 e. The quantitative estimate of drug-likeness (QED) is 0.710. The molecule has 0 spiro atoms. The van der Waals surface area contributed by atoms with E-state index in [-0.39, 0.29) is 41.7 Å². The van der Waals surface area contributed by atoms with E-state index in [2.05, 4.69) is 33.0 Å². The van der Waals surface area contributed by atoms with Crippen LogP contribution >= 0.6 is 0 Å². The molecule has 0 saturated carbocycles. The average molecular weight is 299 g/mol. The van der Waals surface area contributed by atoms with E-state index in [1.807, 2.05) is 20.8 Å². The molecule has 0 bridgehead atoms. The van der Waals surface area contributed by atoms with Crippen LogP contribution in [0.15, 0.2) is 0 Å². The minimum absolute atomic E-state index is 0.00157. The van der Waals surface area contributed by atoms with E-state index in [0.717, 1.165) is 6.42 Å². The first-order chi connectivity index (χ1) is 9.51. The van der Waals surface area contributed by atoms with E-state index in [1.54, 1.807) is 0 Å². The lowest BCUT2D eigenvalue weighted by Crippen LogP contribution is -2.34. The van der Waals surface area contributed by atoms with E-state index in [9.17, 15) is 9.59 Å². The van der Waals surface area contributed by atoms with Gasteiger partial charge < -0.3 is 10.1 Å². The van der Waals surface area contributed by atoms with Crippen molar-refractivity contribution < 1.29 is 14.3 Å². The van der Waals surface area contributed by atoms with Crippen molar-refractivity contribution in [1.29, 1.82) is 0 Å². The molecule has 0 aliphatic carbocycles. The highest BCUT2D eigenvalue weighted by atomic mass is 16.5. The Morgan fingerprint density at radius 3 is 2.05 bits per heavy atom. The van der Waals surface area contributed by atoms with Crippen LogP contribution in [0.2, 0.25) is 0 Å². The van der Waals surface area contributed by atoms with Gasteiger partial charge in [-0.2, -0.15) is 0 Å². The smallest absolute Gasteiger partial charge is 0.220 e. The Morgan fingerprint density at radius 1 is 1.00 bits per heavy atom. The van der Waals surface area contributed by atoms with Crippen molar-refractivity contribution in [2.75, 3.05) is 6.54 Å². The van der Waals surface area contributed by atoms with Gasteiger partial charge >= 0.3 is 0 Å². The van der Waals surface area contributed by atoms with Gasteiger partial charge in [0.2, 0.25) is 5.91 Å². The third-order valence-electron chi connectivity index (χ3n) is 3.19. The lowest BCUT2D eigenvalue weighted by Gasteiger charge is -2.26. The van der Waals surface area contributed by atoms with Crippen molar-refractivity contribution in [2.24, 2.45) is 11.3 Å². The number of rotatable bonds is 9. The molecule has 0 fully saturated rings. The van der Waals surface area contributed by atoms with Gasteiger partial charge in [0.1, 0.15) is 5.78 Å². The summed E-state index contributed by atoms with van der Waals surface area (Å²) in [6.45, 7) is 14.8. The molecule has 21 heavy (non-hydrogen) atoms. The average Bonchev–Trinajstić information content (AvgIpc) is 2.30. The first-order valence-electron chi connectivity index (χ1n) is 7.96. The number of ketones is 1. The fraction of sp³-hybridized carbons (Fsp3) is 0.882. The summed E-state index contributed by atoms with van der Waals surface area (Å²) >= 11 is 0. The lowest BCUT2D eigenvalue weighted by molar-refractivity contribution is -0.127. The molecule has 1 amide bonds. The maximum absolute atomic E-state index is 11.7. The summed E-state index contributed by atoms with van der Waals surface area (Å²) in [7, 11) is 0. The fourth-order valence-electron chi connectivity index (χ4n) is 2.23. The van der Waals surface area contributed by atoms with Crippen LogP contribution in [0.5, 0.6) is 0 Å². The monoisotopic (exact) mass is 299 g/mol.